The Morgan fingerprint density at radius 1 is 1.53 bits per heavy atom. The normalized spacial score (nSPS) is 13.5. The van der Waals surface area contributed by atoms with Crippen LogP contribution in [-0.2, 0) is 10.0 Å². The number of hydrogen-bond donors (Lipinski definition) is 1. The second-order valence-corrected chi connectivity index (χ2v) is 6.93. The van der Waals surface area contributed by atoms with Crippen molar-refractivity contribution in [2.45, 2.75) is 19.4 Å². The first-order chi connectivity index (χ1) is 9.12. The monoisotopic (exact) mass is 299 g/mol. The van der Waals surface area contributed by atoms with E-state index < -0.39 is 10.0 Å². The fourth-order valence-electron chi connectivity index (χ4n) is 1.84. The minimum absolute atomic E-state index is 0.104. The molecule has 0 saturated carbocycles. The van der Waals surface area contributed by atoms with Crippen LogP contribution in [0.3, 0.4) is 0 Å². The summed E-state index contributed by atoms with van der Waals surface area (Å²) in [5.74, 6) is 0.155. The minimum atomic E-state index is -3.20. The molecule has 0 radical (unpaired) electrons. The second kappa shape index (κ2) is 6.31. The fraction of sp³-hybridized carbons (Fsp3) is 0.417. The zero-order valence-electron chi connectivity index (χ0n) is 10.7. The lowest BCUT2D eigenvalue weighted by atomic mass is 10.1. The third-order valence-electron chi connectivity index (χ3n) is 2.74. The molecule has 1 unspecified atom stereocenters. The molecule has 0 bridgehead atoms. The van der Waals surface area contributed by atoms with Gasteiger partial charge in [-0.2, -0.15) is 16.4 Å². The van der Waals surface area contributed by atoms with Crippen molar-refractivity contribution in [2.24, 2.45) is 0 Å². The number of rotatable bonds is 7. The molecule has 0 saturated heterocycles. The van der Waals surface area contributed by atoms with Crippen molar-refractivity contribution in [3.8, 4) is 0 Å². The lowest BCUT2D eigenvalue weighted by Crippen LogP contribution is -2.32. The molecule has 2 aromatic rings. The van der Waals surface area contributed by atoms with E-state index in [-0.39, 0.29) is 11.8 Å². The predicted octanol–water partition coefficient (Wildman–Crippen LogP) is 1.86. The first-order valence-electron chi connectivity index (χ1n) is 6.11. The Morgan fingerprint density at radius 3 is 2.95 bits per heavy atom. The Kier molecular flexibility index (Phi) is 4.73. The number of hydrogen-bond acceptors (Lipinski definition) is 4. The molecule has 2 aromatic heterocycles. The van der Waals surface area contributed by atoms with Gasteiger partial charge in [-0.25, -0.2) is 13.1 Å². The van der Waals surface area contributed by atoms with Gasteiger partial charge in [0.2, 0.25) is 10.0 Å². The summed E-state index contributed by atoms with van der Waals surface area (Å²) in [6, 6.07) is 3.72. The fourth-order valence-corrected chi connectivity index (χ4v) is 3.64. The summed E-state index contributed by atoms with van der Waals surface area (Å²) < 4.78 is 27.9. The van der Waals surface area contributed by atoms with Gasteiger partial charge in [0.15, 0.2) is 0 Å². The Labute approximate surface area is 117 Å². The highest BCUT2D eigenvalue weighted by Gasteiger charge is 2.17. The van der Waals surface area contributed by atoms with Gasteiger partial charge in [0.05, 0.1) is 11.8 Å². The van der Waals surface area contributed by atoms with Gasteiger partial charge in [0.1, 0.15) is 0 Å². The van der Waals surface area contributed by atoms with Crippen LogP contribution in [-0.4, -0.2) is 30.5 Å². The van der Waals surface area contributed by atoms with Gasteiger partial charge in [-0.3, -0.25) is 4.68 Å². The van der Waals surface area contributed by atoms with Crippen LogP contribution in [0.25, 0.3) is 0 Å². The van der Waals surface area contributed by atoms with Crippen molar-refractivity contribution in [1.29, 1.82) is 0 Å². The molecule has 0 fully saturated rings. The molecule has 7 heteroatoms. The summed E-state index contributed by atoms with van der Waals surface area (Å²) in [6.07, 6.45) is 4.15. The molecule has 0 aliphatic carbocycles. The van der Waals surface area contributed by atoms with Crippen molar-refractivity contribution < 1.29 is 8.42 Å². The molecular weight excluding hydrogens is 282 g/mol. The second-order valence-electron chi connectivity index (χ2n) is 4.23. The van der Waals surface area contributed by atoms with E-state index in [9.17, 15) is 8.42 Å². The Morgan fingerprint density at radius 2 is 2.37 bits per heavy atom. The molecule has 2 rings (SSSR count). The smallest absolute Gasteiger partial charge is 0.211 e. The van der Waals surface area contributed by atoms with Crippen molar-refractivity contribution in [1.82, 2.24) is 14.5 Å². The average Bonchev–Trinajstić information content (AvgIpc) is 3.01. The summed E-state index contributed by atoms with van der Waals surface area (Å²) in [4.78, 5) is 0. The summed E-state index contributed by atoms with van der Waals surface area (Å²) in [5.41, 5.74) is 1.06. The maximum atomic E-state index is 11.7. The molecule has 0 aromatic carbocycles. The standard InChI is InChI=1S/C12H17N3O2S2/c1-2-8-19(16,17)14-9-12(11-4-7-18-10-11)15-6-3-5-13-15/h3-7,10,12,14H,2,8-9H2,1H3. The summed E-state index contributed by atoms with van der Waals surface area (Å²) in [6.45, 7) is 2.17. The van der Waals surface area contributed by atoms with Gasteiger partial charge in [-0.1, -0.05) is 6.92 Å². The molecule has 0 spiro atoms. The van der Waals surface area contributed by atoms with Crippen molar-refractivity contribution >= 4 is 21.4 Å². The molecule has 19 heavy (non-hydrogen) atoms. The first-order valence-corrected chi connectivity index (χ1v) is 8.70. The van der Waals surface area contributed by atoms with Gasteiger partial charge in [0, 0.05) is 18.9 Å². The molecule has 1 atom stereocenters. The molecule has 0 amide bonds. The number of nitrogens with zero attached hydrogens (tertiary/aromatic N) is 2. The van der Waals surface area contributed by atoms with E-state index in [0.717, 1.165) is 5.56 Å². The maximum Gasteiger partial charge on any atom is 0.211 e. The summed E-state index contributed by atoms with van der Waals surface area (Å²) in [5, 5.41) is 8.20. The van der Waals surface area contributed by atoms with E-state index in [1.807, 2.05) is 36.0 Å². The Bertz CT molecular complexity index is 542. The Balaban J connectivity index is 2.12. The third-order valence-corrected chi connectivity index (χ3v) is 5.00. The zero-order valence-corrected chi connectivity index (χ0v) is 12.3. The topological polar surface area (TPSA) is 64.0 Å². The Hall–Kier alpha value is -1.18. The van der Waals surface area contributed by atoms with E-state index in [1.165, 1.54) is 0 Å². The van der Waals surface area contributed by atoms with E-state index in [4.69, 9.17) is 0 Å². The van der Waals surface area contributed by atoms with E-state index in [0.29, 0.717) is 13.0 Å². The van der Waals surface area contributed by atoms with Crippen LogP contribution >= 0.6 is 11.3 Å². The minimum Gasteiger partial charge on any atom is -0.264 e. The highest BCUT2D eigenvalue weighted by molar-refractivity contribution is 7.89. The zero-order chi connectivity index (χ0) is 13.7. The lowest BCUT2D eigenvalue weighted by Gasteiger charge is -2.17. The van der Waals surface area contributed by atoms with Gasteiger partial charge >= 0.3 is 0 Å². The summed E-state index contributed by atoms with van der Waals surface area (Å²) >= 11 is 1.59. The largest absolute Gasteiger partial charge is 0.264 e. The molecule has 0 aliphatic rings. The van der Waals surface area contributed by atoms with E-state index >= 15 is 0 Å². The van der Waals surface area contributed by atoms with Crippen LogP contribution in [0.5, 0.6) is 0 Å². The van der Waals surface area contributed by atoms with Crippen LogP contribution in [0.4, 0.5) is 0 Å². The maximum absolute atomic E-state index is 11.7. The number of thiophene rings is 1. The highest BCUT2D eigenvalue weighted by Crippen LogP contribution is 2.19. The molecular formula is C12H17N3O2S2. The van der Waals surface area contributed by atoms with Gasteiger partial charge in [-0.15, -0.1) is 0 Å². The van der Waals surface area contributed by atoms with Gasteiger partial charge in [-0.05, 0) is 34.9 Å². The molecule has 5 nitrogen and oxygen atoms in total. The van der Waals surface area contributed by atoms with E-state index in [2.05, 4.69) is 9.82 Å². The van der Waals surface area contributed by atoms with Crippen LogP contribution in [0.1, 0.15) is 24.9 Å². The lowest BCUT2D eigenvalue weighted by molar-refractivity contribution is 0.506. The van der Waals surface area contributed by atoms with Crippen LogP contribution in [0.15, 0.2) is 35.3 Å². The number of sulfonamides is 1. The van der Waals surface area contributed by atoms with Gasteiger partial charge < -0.3 is 0 Å². The number of aromatic nitrogens is 2. The van der Waals surface area contributed by atoms with Crippen molar-refractivity contribution in [3.05, 3.63) is 40.8 Å². The van der Waals surface area contributed by atoms with Crippen LogP contribution in [0, 0.1) is 0 Å². The molecule has 104 valence electrons. The summed E-state index contributed by atoms with van der Waals surface area (Å²) in [7, 11) is -3.20. The van der Waals surface area contributed by atoms with Crippen LogP contribution < -0.4 is 4.72 Å². The molecule has 1 N–H and O–H groups in total. The molecule has 0 aliphatic heterocycles. The van der Waals surface area contributed by atoms with Crippen molar-refractivity contribution in [3.63, 3.8) is 0 Å². The van der Waals surface area contributed by atoms with Gasteiger partial charge in [0.25, 0.3) is 0 Å². The van der Waals surface area contributed by atoms with Crippen molar-refractivity contribution in [2.75, 3.05) is 12.3 Å². The molecule has 2 heterocycles. The van der Waals surface area contributed by atoms with E-state index in [1.54, 1.807) is 22.2 Å². The first kappa shape index (κ1) is 14.2. The highest BCUT2D eigenvalue weighted by atomic mass is 32.2. The SMILES string of the molecule is CCCS(=O)(=O)NCC(c1ccsc1)n1cccn1. The average molecular weight is 299 g/mol. The predicted molar refractivity (Wildman–Crippen MR) is 76.8 cm³/mol. The number of nitrogens with one attached hydrogen (secondary N) is 1. The van der Waals surface area contributed by atoms with Crippen LogP contribution in [0.2, 0.25) is 0 Å². The quantitative estimate of drug-likeness (QED) is 0.849. The third kappa shape index (κ3) is 3.89.